The van der Waals surface area contributed by atoms with Gasteiger partial charge < -0.3 is 15.0 Å². The van der Waals surface area contributed by atoms with E-state index in [-0.39, 0.29) is 17.7 Å². The van der Waals surface area contributed by atoms with Crippen LogP contribution in [-0.4, -0.2) is 41.9 Å². The molecule has 138 valence electrons. The zero-order valence-electron chi connectivity index (χ0n) is 15.2. The summed E-state index contributed by atoms with van der Waals surface area (Å²) in [6.07, 6.45) is 1.38. The SMILES string of the molecule is COc1ccc(C)cc1-c1csc(NC(=O)C2CCN(C(C)=O)CC2)n1. The molecule has 0 saturated carbocycles. The Kier molecular flexibility index (Phi) is 5.56. The molecule has 2 aromatic rings. The van der Waals surface area contributed by atoms with E-state index in [1.165, 1.54) is 11.3 Å². The molecule has 7 heteroatoms. The smallest absolute Gasteiger partial charge is 0.229 e. The van der Waals surface area contributed by atoms with E-state index in [4.69, 9.17) is 4.74 Å². The molecule has 0 atom stereocenters. The number of hydrogen-bond donors (Lipinski definition) is 1. The first-order valence-electron chi connectivity index (χ1n) is 8.65. The number of nitrogens with zero attached hydrogens (tertiary/aromatic N) is 2. The third kappa shape index (κ3) is 4.04. The monoisotopic (exact) mass is 373 g/mol. The molecule has 1 aliphatic rings. The number of hydrogen-bond acceptors (Lipinski definition) is 5. The van der Waals surface area contributed by atoms with E-state index in [1.54, 1.807) is 18.9 Å². The number of aromatic nitrogens is 1. The Morgan fingerprint density at radius 1 is 1.31 bits per heavy atom. The highest BCUT2D eigenvalue weighted by Gasteiger charge is 2.26. The number of ether oxygens (including phenoxy) is 1. The zero-order chi connectivity index (χ0) is 18.7. The van der Waals surface area contributed by atoms with Crippen LogP contribution in [0.5, 0.6) is 5.75 Å². The van der Waals surface area contributed by atoms with Crippen LogP contribution in [0.2, 0.25) is 0 Å². The standard InChI is InChI=1S/C19H23N3O3S/c1-12-4-5-17(25-3)15(10-12)16-11-26-19(20-16)21-18(24)14-6-8-22(9-7-14)13(2)23/h4-5,10-11,14H,6-9H2,1-3H3,(H,20,21,24). The summed E-state index contributed by atoms with van der Waals surface area (Å²) in [4.78, 5) is 30.2. The van der Waals surface area contributed by atoms with Crippen LogP contribution in [0.1, 0.15) is 25.3 Å². The number of piperidine rings is 1. The van der Waals surface area contributed by atoms with Crippen molar-refractivity contribution in [2.45, 2.75) is 26.7 Å². The number of methoxy groups -OCH3 is 1. The van der Waals surface area contributed by atoms with Crippen molar-refractivity contribution in [1.29, 1.82) is 0 Å². The highest BCUT2D eigenvalue weighted by molar-refractivity contribution is 7.14. The number of rotatable bonds is 4. The maximum Gasteiger partial charge on any atom is 0.229 e. The molecule has 6 nitrogen and oxygen atoms in total. The van der Waals surface area contributed by atoms with Crippen molar-refractivity contribution < 1.29 is 14.3 Å². The maximum absolute atomic E-state index is 12.5. The fourth-order valence-electron chi connectivity index (χ4n) is 3.14. The molecule has 3 rings (SSSR count). The minimum Gasteiger partial charge on any atom is -0.496 e. The van der Waals surface area contributed by atoms with E-state index in [0.717, 1.165) is 22.6 Å². The molecule has 0 unspecified atom stereocenters. The maximum atomic E-state index is 12.5. The normalized spacial score (nSPS) is 15.0. The third-order valence-electron chi connectivity index (χ3n) is 4.68. The van der Waals surface area contributed by atoms with E-state index in [0.29, 0.717) is 31.1 Å². The van der Waals surface area contributed by atoms with Crippen LogP contribution in [-0.2, 0) is 9.59 Å². The summed E-state index contributed by atoms with van der Waals surface area (Å²) in [7, 11) is 1.64. The summed E-state index contributed by atoms with van der Waals surface area (Å²) in [5.74, 6) is 0.729. The molecule has 1 aromatic heterocycles. The Morgan fingerprint density at radius 2 is 2.04 bits per heavy atom. The van der Waals surface area contributed by atoms with E-state index in [1.807, 2.05) is 30.5 Å². The van der Waals surface area contributed by atoms with Gasteiger partial charge in [-0.3, -0.25) is 9.59 Å². The average molecular weight is 373 g/mol. The lowest BCUT2D eigenvalue weighted by atomic mass is 9.96. The molecule has 26 heavy (non-hydrogen) atoms. The van der Waals surface area contributed by atoms with E-state index in [2.05, 4.69) is 10.3 Å². The van der Waals surface area contributed by atoms with Crippen molar-refractivity contribution in [2.24, 2.45) is 5.92 Å². The van der Waals surface area contributed by atoms with E-state index < -0.39 is 0 Å². The number of likely N-dealkylation sites (tertiary alicyclic amines) is 1. The first-order chi connectivity index (χ1) is 12.5. The molecule has 0 bridgehead atoms. The van der Waals surface area contributed by atoms with Crippen LogP contribution in [0.15, 0.2) is 23.6 Å². The van der Waals surface area contributed by atoms with Gasteiger partial charge in [0.25, 0.3) is 0 Å². The van der Waals surface area contributed by atoms with E-state index >= 15 is 0 Å². The third-order valence-corrected chi connectivity index (χ3v) is 5.43. The minimum absolute atomic E-state index is 0.0229. The molecular formula is C19H23N3O3S. The second-order valence-corrected chi connectivity index (χ2v) is 7.37. The summed E-state index contributed by atoms with van der Waals surface area (Å²) in [6, 6.07) is 5.94. The Hall–Kier alpha value is -2.41. The predicted octanol–water partition coefficient (Wildman–Crippen LogP) is 3.32. The second-order valence-electron chi connectivity index (χ2n) is 6.51. The zero-order valence-corrected chi connectivity index (χ0v) is 16.1. The number of carbonyl (C=O) groups excluding carboxylic acids is 2. The summed E-state index contributed by atoms with van der Waals surface area (Å²) in [5.41, 5.74) is 2.83. The van der Waals surface area contributed by atoms with Gasteiger partial charge in [-0.05, 0) is 31.9 Å². The fourth-order valence-corrected chi connectivity index (χ4v) is 3.85. The number of amides is 2. The van der Waals surface area contributed by atoms with Gasteiger partial charge in [0.1, 0.15) is 5.75 Å². The van der Waals surface area contributed by atoms with Gasteiger partial charge in [0.2, 0.25) is 11.8 Å². The molecule has 1 N–H and O–H groups in total. The van der Waals surface area contributed by atoms with Crippen LogP contribution in [0.4, 0.5) is 5.13 Å². The van der Waals surface area contributed by atoms with Gasteiger partial charge >= 0.3 is 0 Å². The molecule has 0 spiro atoms. The molecule has 2 heterocycles. The quantitative estimate of drug-likeness (QED) is 0.892. The minimum atomic E-state index is -0.0774. The Morgan fingerprint density at radius 3 is 2.69 bits per heavy atom. The molecule has 1 aromatic carbocycles. The van der Waals surface area contributed by atoms with Crippen LogP contribution >= 0.6 is 11.3 Å². The van der Waals surface area contributed by atoms with E-state index in [9.17, 15) is 9.59 Å². The van der Waals surface area contributed by atoms with Gasteiger partial charge in [-0.25, -0.2) is 4.98 Å². The molecule has 2 amide bonds. The lowest BCUT2D eigenvalue weighted by molar-refractivity contribution is -0.132. The van der Waals surface area contributed by atoms with Crippen molar-refractivity contribution in [3.8, 4) is 17.0 Å². The average Bonchev–Trinajstić information content (AvgIpc) is 3.10. The Balaban J connectivity index is 1.67. The van der Waals surface area contributed by atoms with Gasteiger partial charge in [-0.1, -0.05) is 11.6 Å². The molecule has 0 radical (unpaired) electrons. The molecule has 1 saturated heterocycles. The van der Waals surface area contributed by atoms with Crippen molar-refractivity contribution >= 4 is 28.3 Å². The summed E-state index contributed by atoms with van der Waals surface area (Å²) >= 11 is 1.40. The van der Waals surface area contributed by atoms with Gasteiger partial charge in [-0.2, -0.15) is 0 Å². The van der Waals surface area contributed by atoms with Crippen LogP contribution in [0, 0.1) is 12.8 Å². The lowest BCUT2D eigenvalue weighted by Crippen LogP contribution is -2.40. The second kappa shape index (κ2) is 7.86. The highest BCUT2D eigenvalue weighted by Crippen LogP contribution is 2.33. The number of carbonyl (C=O) groups is 2. The molecular weight excluding hydrogens is 350 g/mol. The van der Waals surface area contributed by atoms with Crippen molar-refractivity contribution in [3.63, 3.8) is 0 Å². The first kappa shape index (κ1) is 18.4. The van der Waals surface area contributed by atoms with Gasteiger partial charge in [0.15, 0.2) is 5.13 Å². The summed E-state index contributed by atoms with van der Waals surface area (Å²) < 4.78 is 5.41. The lowest BCUT2D eigenvalue weighted by Gasteiger charge is -2.30. The number of aryl methyl sites for hydroxylation is 1. The molecule has 0 aliphatic carbocycles. The van der Waals surface area contributed by atoms with Crippen molar-refractivity contribution in [3.05, 3.63) is 29.1 Å². The number of nitrogens with one attached hydrogen (secondary N) is 1. The summed E-state index contributed by atoms with van der Waals surface area (Å²) in [5, 5.41) is 5.43. The van der Waals surface area contributed by atoms with Gasteiger partial charge in [-0.15, -0.1) is 11.3 Å². The number of anilines is 1. The van der Waals surface area contributed by atoms with Gasteiger partial charge in [0.05, 0.1) is 12.8 Å². The summed E-state index contributed by atoms with van der Waals surface area (Å²) in [6.45, 7) is 4.86. The molecule has 1 fully saturated rings. The largest absolute Gasteiger partial charge is 0.496 e. The predicted molar refractivity (Wildman–Crippen MR) is 102 cm³/mol. The highest BCUT2D eigenvalue weighted by atomic mass is 32.1. The van der Waals surface area contributed by atoms with Crippen LogP contribution in [0.25, 0.3) is 11.3 Å². The topological polar surface area (TPSA) is 71.5 Å². The molecule has 1 aliphatic heterocycles. The first-order valence-corrected chi connectivity index (χ1v) is 9.53. The van der Waals surface area contributed by atoms with Gasteiger partial charge in [0, 0.05) is 36.9 Å². The number of benzene rings is 1. The fraction of sp³-hybridized carbons (Fsp3) is 0.421. The van der Waals surface area contributed by atoms with Crippen molar-refractivity contribution in [1.82, 2.24) is 9.88 Å². The van der Waals surface area contributed by atoms with Crippen LogP contribution < -0.4 is 10.1 Å². The Bertz CT molecular complexity index is 810. The van der Waals surface area contributed by atoms with Crippen molar-refractivity contribution in [2.75, 3.05) is 25.5 Å². The Labute approximate surface area is 157 Å². The van der Waals surface area contributed by atoms with Crippen LogP contribution in [0.3, 0.4) is 0 Å². The number of thiazole rings is 1.